The van der Waals surface area contributed by atoms with Crippen molar-refractivity contribution in [2.24, 2.45) is 5.92 Å². The first-order valence-corrected chi connectivity index (χ1v) is 9.65. The van der Waals surface area contributed by atoms with Crippen molar-refractivity contribution in [3.8, 4) is 5.95 Å². The minimum atomic E-state index is -0.720. The summed E-state index contributed by atoms with van der Waals surface area (Å²) in [6, 6.07) is 3.08. The van der Waals surface area contributed by atoms with Crippen LogP contribution in [0.3, 0.4) is 0 Å². The number of hydrogen-bond donors (Lipinski definition) is 2. The minimum Gasteiger partial charge on any atom is -0.334 e. The Morgan fingerprint density at radius 3 is 2.86 bits per heavy atom. The van der Waals surface area contributed by atoms with Gasteiger partial charge in [0.1, 0.15) is 5.82 Å². The van der Waals surface area contributed by atoms with E-state index in [0.717, 1.165) is 19.3 Å². The van der Waals surface area contributed by atoms with E-state index in [0.29, 0.717) is 36.8 Å². The number of anilines is 1. The van der Waals surface area contributed by atoms with Crippen LogP contribution in [0.25, 0.3) is 5.95 Å². The standard InChI is InChI=1S/C19H26N6O3/c1-4-6-14-10-16(26)22-19(20-14)25-15(9-13(3)23-25)21-17(27)18(28)24-8-5-7-12(2)11-24/h9-10,12H,4-8,11H2,1-3H3,(H,21,27)(H,20,22,26)/t12-/m1/s1. The normalized spacial score (nSPS) is 16.8. The molecule has 2 aromatic heterocycles. The van der Waals surface area contributed by atoms with Crippen LogP contribution in [0.2, 0.25) is 0 Å². The van der Waals surface area contributed by atoms with Crippen molar-refractivity contribution in [1.29, 1.82) is 0 Å². The van der Waals surface area contributed by atoms with E-state index in [1.54, 1.807) is 17.9 Å². The highest BCUT2D eigenvalue weighted by atomic mass is 16.2. The van der Waals surface area contributed by atoms with Crippen LogP contribution in [0, 0.1) is 12.8 Å². The zero-order chi connectivity index (χ0) is 20.3. The number of amides is 2. The third-order valence-corrected chi connectivity index (χ3v) is 4.70. The maximum Gasteiger partial charge on any atom is 0.315 e. The largest absolute Gasteiger partial charge is 0.334 e. The number of likely N-dealkylation sites (tertiary alicyclic amines) is 1. The smallest absolute Gasteiger partial charge is 0.315 e. The van der Waals surface area contributed by atoms with Gasteiger partial charge in [0.2, 0.25) is 5.95 Å². The molecule has 1 aliphatic heterocycles. The molecule has 0 bridgehead atoms. The topological polar surface area (TPSA) is 113 Å². The fourth-order valence-electron chi connectivity index (χ4n) is 3.42. The van der Waals surface area contributed by atoms with E-state index in [9.17, 15) is 14.4 Å². The number of nitrogens with zero attached hydrogens (tertiary/aromatic N) is 4. The number of carbonyl (C=O) groups is 2. The van der Waals surface area contributed by atoms with Gasteiger partial charge in [0, 0.05) is 30.9 Å². The van der Waals surface area contributed by atoms with Crippen LogP contribution in [-0.4, -0.2) is 49.6 Å². The van der Waals surface area contributed by atoms with Gasteiger partial charge < -0.3 is 10.2 Å². The van der Waals surface area contributed by atoms with Crippen molar-refractivity contribution in [3.05, 3.63) is 33.9 Å². The summed E-state index contributed by atoms with van der Waals surface area (Å²) in [6.45, 7) is 7.00. The predicted octanol–water partition coefficient (Wildman–Crippen LogP) is 1.41. The molecule has 0 aliphatic carbocycles. The van der Waals surface area contributed by atoms with Gasteiger partial charge in [-0.05, 0) is 32.1 Å². The molecule has 9 heteroatoms. The lowest BCUT2D eigenvalue weighted by Gasteiger charge is -2.30. The average molecular weight is 386 g/mol. The lowest BCUT2D eigenvalue weighted by molar-refractivity contribution is -0.144. The number of nitrogens with one attached hydrogen (secondary N) is 2. The van der Waals surface area contributed by atoms with Crippen LogP contribution in [-0.2, 0) is 16.0 Å². The summed E-state index contributed by atoms with van der Waals surface area (Å²) in [6.07, 6.45) is 3.46. The fraction of sp³-hybridized carbons (Fsp3) is 0.526. The van der Waals surface area contributed by atoms with E-state index in [1.807, 2.05) is 6.92 Å². The van der Waals surface area contributed by atoms with E-state index >= 15 is 0 Å². The van der Waals surface area contributed by atoms with E-state index in [2.05, 4.69) is 27.3 Å². The summed E-state index contributed by atoms with van der Waals surface area (Å²) in [5.74, 6) is -0.398. The molecule has 1 saturated heterocycles. The summed E-state index contributed by atoms with van der Waals surface area (Å²) in [4.78, 5) is 45.6. The van der Waals surface area contributed by atoms with Crippen molar-refractivity contribution in [2.45, 2.75) is 46.5 Å². The van der Waals surface area contributed by atoms with Gasteiger partial charge in [0.25, 0.3) is 5.56 Å². The molecule has 3 rings (SSSR count). The summed E-state index contributed by atoms with van der Waals surface area (Å²) in [7, 11) is 0. The molecule has 2 N–H and O–H groups in total. The second-order valence-corrected chi connectivity index (χ2v) is 7.35. The lowest BCUT2D eigenvalue weighted by Crippen LogP contribution is -2.44. The number of rotatable bonds is 4. The van der Waals surface area contributed by atoms with Crippen molar-refractivity contribution in [3.63, 3.8) is 0 Å². The summed E-state index contributed by atoms with van der Waals surface area (Å²) < 4.78 is 1.35. The number of aromatic nitrogens is 4. The van der Waals surface area contributed by atoms with Gasteiger partial charge in [0.15, 0.2) is 0 Å². The van der Waals surface area contributed by atoms with Crippen LogP contribution in [0.15, 0.2) is 16.9 Å². The van der Waals surface area contributed by atoms with Crippen LogP contribution in [0.4, 0.5) is 5.82 Å². The molecule has 1 fully saturated rings. The van der Waals surface area contributed by atoms with E-state index in [-0.39, 0.29) is 17.3 Å². The Labute approximate surface area is 163 Å². The number of piperidine rings is 1. The molecule has 2 amide bonds. The molecule has 9 nitrogen and oxygen atoms in total. The van der Waals surface area contributed by atoms with Crippen LogP contribution in [0.1, 0.15) is 44.5 Å². The highest BCUT2D eigenvalue weighted by Gasteiger charge is 2.27. The number of carbonyl (C=O) groups excluding carboxylic acids is 2. The maximum absolute atomic E-state index is 12.5. The molecule has 0 spiro atoms. The van der Waals surface area contributed by atoms with E-state index in [4.69, 9.17) is 0 Å². The molecule has 0 unspecified atom stereocenters. The molecule has 0 aromatic carbocycles. The lowest BCUT2D eigenvalue weighted by atomic mass is 10.0. The van der Waals surface area contributed by atoms with Crippen molar-refractivity contribution >= 4 is 17.6 Å². The molecule has 0 saturated carbocycles. The molecule has 2 aromatic rings. The van der Waals surface area contributed by atoms with Crippen molar-refractivity contribution < 1.29 is 9.59 Å². The monoisotopic (exact) mass is 386 g/mol. The second-order valence-electron chi connectivity index (χ2n) is 7.35. The van der Waals surface area contributed by atoms with E-state index < -0.39 is 11.8 Å². The third-order valence-electron chi connectivity index (χ3n) is 4.70. The van der Waals surface area contributed by atoms with Gasteiger partial charge in [0.05, 0.1) is 5.69 Å². The van der Waals surface area contributed by atoms with Gasteiger partial charge in [-0.25, -0.2) is 4.98 Å². The summed E-state index contributed by atoms with van der Waals surface area (Å²) in [5, 5.41) is 6.93. The summed E-state index contributed by atoms with van der Waals surface area (Å²) in [5.41, 5.74) is 0.972. The first-order chi connectivity index (χ1) is 13.4. The molecule has 1 aliphatic rings. The SMILES string of the molecule is CCCc1cc(=O)[nH]c(-n2nc(C)cc2NC(=O)C(=O)N2CCC[C@@H](C)C2)n1. The minimum absolute atomic E-state index is 0.207. The molecule has 28 heavy (non-hydrogen) atoms. The molecule has 0 radical (unpaired) electrons. The Kier molecular flexibility index (Phi) is 5.91. The van der Waals surface area contributed by atoms with Crippen LogP contribution in [0.5, 0.6) is 0 Å². The Morgan fingerprint density at radius 2 is 2.14 bits per heavy atom. The van der Waals surface area contributed by atoms with Gasteiger partial charge in [-0.3, -0.25) is 19.4 Å². The van der Waals surface area contributed by atoms with Gasteiger partial charge in [-0.2, -0.15) is 9.78 Å². The number of H-pyrrole nitrogens is 1. The zero-order valence-corrected chi connectivity index (χ0v) is 16.5. The van der Waals surface area contributed by atoms with Crippen molar-refractivity contribution in [2.75, 3.05) is 18.4 Å². The van der Waals surface area contributed by atoms with Gasteiger partial charge in [-0.15, -0.1) is 0 Å². The molecule has 3 heterocycles. The number of aryl methyl sites for hydroxylation is 2. The first kappa shape index (κ1) is 19.8. The highest BCUT2D eigenvalue weighted by Crippen LogP contribution is 2.17. The Bertz CT molecular complexity index is 932. The average Bonchev–Trinajstić information content (AvgIpc) is 3.01. The van der Waals surface area contributed by atoms with E-state index in [1.165, 1.54) is 10.7 Å². The third kappa shape index (κ3) is 4.47. The van der Waals surface area contributed by atoms with Gasteiger partial charge in [-0.1, -0.05) is 20.3 Å². The number of aromatic amines is 1. The zero-order valence-electron chi connectivity index (χ0n) is 16.5. The second kappa shape index (κ2) is 8.37. The fourth-order valence-corrected chi connectivity index (χ4v) is 3.42. The molecule has 1 atom stereocenters. The van der Waals surface area contributed by atoms with Crippen LogP contribution < -0.4 is 10.9 Å². The van der Waals surface area contributed by atoms with Crippen molar-refractivity contribution in [1.82, 2.24) is 24.6 Å². The van der Waals surface area contributed by atoms with Gasteiger partial charge >= 0.3 is 11.8 Å². The molecule has 150 valence electrons. The maximum atomic E-state index is 12.5. The molecular formula is C19H26N6O3. The van der Waals surface area contributed by atoms with Crippen LogP contribution >= 0.6 is 0 Å². The highest BCUT2D eigenvalue weighted by molar-refractivity contribution is 6.39. The molecular weight excluding hydrogens is 360 g/mol. The summed E-state index contributed by atoms with van der Waals surface area (Å²) >= 11 is 0. The number of hydrogen-bond acceptors (Lipinski definition) is 5. The Balaban J connectivity index is 1.83. The first-order valence-electron chi connectivity index (χ1n) is 9.65. The Morgan fingerprint density at radius 1 is 1.36 bits per heavy atom. The Hall–Kier alpha value is -2.97. The quantitative estimate of drug-likeness (QED) is 0.772. The predicted molar refractivity (Wildman–Crippen MR) is 104 cm³/mol.